The Morgan fingerprint density at radius 2 is 1.54 bits per heavy atom. The SMILES string of the molecule is CN1C(=O)CCc2cc(NS(=O)(=O)c3ccc(-c4ccccc4)cc3)ccc21. The second kappa shape index (κ2) is 7.13. The smallest absolute Gasteiger partial charge is 0.261 e. The summed E-state index contributed by atoms with van der Waals surface area (Å²) in [6.07, 6.45) is 1.04. The summed E-state index contributed by atoms with van der Waals surface area (Å²) in [5, 5.41) is 0. The third-order valence-corrected chi connectivity index (χ3v) is 6.34. The van der Waals surface area contributed by atoms with Gasteiger partial charge in [-0.3, -0.25) is 9.52 Å². The summed E-state index contributed by atoms with van der Waals surface area (Å²) < 4.78 is 28.2. The van der Waals surface area contributed by atoms with Gasteiger partial charge in [-0.1, -0.05) is 42.5 Å². The number of hydrogen-bond donors (Lipinski definition) is 1. The van der Waals surface area contributed by atoms with E-state index >= 15 is 0 Å². The number of hydrogen-bond acceptors (Lipinski definition) is 3. The zero-order valence-electron chi connectivity index (χ0n) is 15.4. The van der Waals surface area contributed by atoms with Crippen molar-refractivity contribution < 1.29 is 13.2 Å². The maximum absolute atomic E-state index is 12.8. The summed E-state index contributed by atoms with van der Waals surface area (Å²) >= 11 is 0. The molecule has 0 fully saturated rings. The number of aryl methyl sites for hydroxylation is 1. The molecule has 28 heavy (non-hydrogen) atoms. The summed E-state index contributed by atoms with van der Waals surface area (Å²) in [7, 11) is -1.96. The molecule has 0 radical (unpaired) electrons. The van der Waals surface area contributed by atoms with Gasteiger partial charge >= 0.3 is 0 Å². The van der Waals surface area contributed by atoms with E-state index in [0.717, 1.165) is 22.4 Å². The van der Waals surface area contributed by atoms with E-state index in [9.17, 15) is 13.2 Å². The molecule has 1 N–H and O–H groups in total. The molecule has 0 aromatic heterocycles. The Kier molecular flexibility index (Phi) is 4.65. The lowest BCUT2D eigenvalue weighted by molar-refractivity contribution is -0.118. The Morgan fingerprint density at radius 1 is 0.857 bits per heavy atom. The molecule has 4 rings (SSSR count). The second-order valence-electron chi connectivity index (χ2n) is 6.79. The van der Waals surface area contributed by atoms with Crippen molar-refractivity contribution in [1.29, 1.82) is 0 Å². The van der Waals surface area contributed by atoms with E-state index in [0.29, 0.717) is 18.5 Å². The average Bonchev–Trinajstić information content (AvgIpc) is 2.71. The standard InChI is InChI=1S/C22H20N2O3S/c1-24-21-13-10-19(15-18(21)9-14-22(24)25)23-28(26,27)20-11-7-17(8-12-20)16-5-3-2-4-6-16/h2-8,10-13,15,23H,9,14H2,1H3. The molecular formula is C22H20N2O3S. The summed E-state index contributed by atoms with van der Waals surface area (Å²) in [4.78, 5) is 13.6. The van der Waals surface area contributed by atoms with Gasteiger partial charge in [-0.25, -0.2) is 8.42 Å². The van der Waals surface area contributed by atoms with Gasteiger partial charge in [0.25, 0.3) is 10.0 Å². The van der Waals surface area contributed by atoms with Crippen molar-refractivity contribution in [2.75, 3.05) is 16.7 Å². The van der Waals surface area contributed by atoms with Crippen molar-refractivity contribution in [2.24, 2.45) is 0 Å². The van der Waals surface area contributed by atoms with E-state index < -0.39 is 10.0 Å². The number of sulfonamides is 1. The Morgan fingerprint density at radius 3 is 2.25 bits per heavy atom. The van der Waals surface area contributed by atoms with Crippen LogP contribution in [0.25, 0.3) is 11.1 Å². The maximum atomic E-state index is 12.8. The summed E-state index contributed by atoms with van der Waals surface area (Å²) in [5.74, 6) is 0.0688. The van der Waals surface area contributed by atoms with Gasteiger partial charge in [0.05, 0.1) is 4.90 Å². The van der Waals surface area contributed by atoms with Crippen LogP contribution in [0, 0.1) is 0 Å². The van der Waals surface area contributed by atoms with Crippen LogP contribution < -0.4 is 9.62 Å². The maximum Gasteiger partial charge on any atom is 0.261 e. The fraction of sp³-hybridized carbons (Fsp3) is 0.136. The van der Waals surface area contributed by atoms with Crippen LogP contribution in [0.3, 0.4) is 0 Å². The third kappa shape index (κ3) is 3.51. The monoisotopic (exact) mass is 392 g/mol. The first-order valence-corrected chi connectivity index (χ1v) is 10.5. The number of carbonyl (C=O) groups is 1. The number of fused-ring (bicyclic) bond motifs is 1. The van der Waals surface area contributed by atoms with E-state index in [2.05, 4.69) is 4.72 Å². The molecule has 0 saturated carbocycles. The fourth-order valence-electron chi connectivity index (χ4n) is 3.39. The second-order valence-corrected chi connectivity index (χ2v) is 8.47. The van der Waals surface area contributed by atoms with Crippen LogP contribution in [-0.4, -0.2) is 21.4 Å². The quantitative estimate of drug-likeness (QED) is 0.728. The van der Waals surface area contributed by atoms with Gasteiger partial charge in [0.15, 0.2) is 0 Å². The highest BCUT2D eigenvalue weighted by Gasteiger charge is 2.22. The molecule has 142 valence electrons. The first kappa shape index (κ1) is 18.3. The summed E-state index contributed by atoms with van der Waals surface area (Å²) in [5.41, 5.74) is 4.27. The Hall–Kier alpha value is -3.12. The fourth-order valence-corrected chi connectivity index (χ4v) is 4.44. The Balaban J connectivity index is 1.57. The molecule has 0 saturated heterocycles. The van der Waals surface area contributed by atoms with Crippen LogP contribution in [0.15, 0.2) is 77.7 Å². The lowest BCUT2D eigenvalue weighted by atomic mass is 10.0. The molecule has 0 aliphatic carbocycles. The summed E-state index contributed by atoms with van der Waals surface area (Å²) in [6, 6.07) is 21.9. The highest BCUT2D eigenvalue weighted by molar-refractivity contribution is 7.92. The zero-order chi connectivity index (χ0) is 19.7. The Labute approximate surface area is 164 Å². The van der Waals surface area contributed by atoms with Gasteiger partial charge in [0, 0.05) is 24.8 Å². The lowest BCUT2D eigenvalue weighted by Gasteiger charge is -2.26. The van der Waals surface area contributed by atoms with E-state index in [-0.39, 0.29) is 10.8 Å². The first-order chi connectivity index (χ1) is 13.4. The van der Waals surface area contributed by atoms with Crippen LogP contribution >= 0.6 is 0 Å². The molecule has 0 spiro atoms. The van der Waals surface area contributed by atoms with E-state index in [1.807, 2.05) is 30.3 Å². The van der Waals surface area contributed by atoms with Crippen LogP contribution in [0.5, 0.6) is 0 Å². The highest BCUT2D eigenvalue weighted by atomic mass is 32.2. The molecular weight excluding hydrogens is 372 g/mol. The number of benzene rings is 3. The molecule has 5 nitrogen and oxygen atoms in total. The molecule has 1 amide bonds. The predicted octanol–water partition coefficient (Wildman–Crippen LogP) is 4.06. The van der Waals surface area contributed by atoms with Crippen molar-refractivity contribution in [3.8, 4) is 11.1 Å². The van der Waals surface area contributed by atoms with Gasteiger partial charge in [-0.2, -0.15) is 0 Å². The molecule has 0 bridgehead atoms. The lowest BCUT2D eigenvalue weighted by Crippen LogP contribution is -2.31. The topological polar surface area (TPSA) is 66.5 Å². The van der Waals surface area contributed by atoms with E-state index in [1.165, 1.54) is 0 Å². The molecule has 1 aliphatic heterocycles. The minimum Gasteiger partial charge on any atom is -0.315 e. The highest BCUT2D eigenvalue weighted by Crippen LogP contribution is 2.30. The van der Waals surface area contributed by atoms with Crippen LogP contribution in [-0.2, 0) is 21.2 Å². The van der Waals surface area contributed by atoms with E-state index in [4.69, 9.17) is 0 Å². The molecule has 3 aromatic rings. The Bertz CT molecular complexity index is 1120. The van der Waals surface area contributed by atoms with Gasteiger partial charge < -0.3 is 4.90 Å². The number of rotatable bonds is 4. The summed E-state index contributed by atoms with van der Waals surface area (Å²) in [6.45, 7) is 0. The number of nitrogens with zero attached hydrogens (tertiary/aromatic N) is 1. The van der Waals surface area contributed by atoms with Gasteiger partial charge in [0.2, 0.25) is 5.91 Å². The molecule has 1 heterocycles. The first-order valence-electron chi connectivity index (χ1n) is 9.02. The molecule has 6 heteroatoms. The van der Waals surface area contributed by atoms with Crippen LogP contribution in [0.2, 0.25) is 0 Å². The minimum atomic E-state index is -3.69. The zero-order valence-corrected chi connectivity index (χ0v) is 16.2. The minimum absolute atomic E-state index is 0.0688. The van der Waals surface area contributed by atoms with Gasteiger partial charge in [0.1, 0.15) is 0 Å². The van der Waals surface area contributed by atoms with E-state index in [1.54, 1.807) is 54.4 Å². The average molecular weight is 392 g/mol. The molecule has 0 atom stereocenters. The van der Waals surface area contributed by atoms with Crippen molar-refractivity contribution in [3.63, 3.8) is 0 Å². The predicted molar refractivity (Wildman–Crippen MR) is 111 cm³/mol. The third-order valence-electron chi connectivity index (χ3n) is 4.95. The number of anilines is 2. The van der Waals surface area contributed by atoms with Crippen molar-refractivity contribution in [3.05, 3.63) is 78.4 Å². The molecule has 3 aromatic carbocycles. The van der Waals surface area contributed by atoms with Gasteiger partial charge in [-0.05, 0) is 53.4 Å². The van der Waals surface area contributed by atoms with Gasteiger partial charge in [-0.15, -0.1) is 0 Å². The molecule has 1 aliphatic rings. The van der Waals surface area contributed by atoms with Crippen LogP contribution in [0.1, 0.15) is 12.0 Å². The van der Waals surface area contributed by atoms with Crippen molar-refractivity contribution in [1.82, 2.24) is 0 Å². The van der Waals surface area contributed by atoms with Crippen molar-refractivity contribution >= 4 is 27.3 Å². The number of amides is 1. The van der Waals surface area contributed by atoms with Crippen molar-refractivity contribution in [2.45, 2.75) is 17.7 Å². The normalized spacial score (nSPS) is 13.9. The number of carbonyl (C=O) groups excluding carboxylic acids is 1. The largest absolute Gasteiger partial charge is 0.315 e. The molecule has 0 unspecified atom stereocenters. The van der Waals surface area contributed by atoms with Crippen LogP contribution in [0.4, 0.5) is 11.4 Å². The number of nitrogens with one attached hydrogen (secondary N) is 1.